The summed E-state index contributed by atoms with van der Waals surface area (Å²) in [7, 11) is 0. The van der Waals surface area contributed by atoms with Gasteiger partial charge in [-0.3, -0.25) is 4.79 Å². The van der Waals surface area contributed by atoms with Crippen molar-refractivity contribution in [3.05, 3.63) is 34.9 Å². The molecule has 0 aromatic heterocycles. The second-order valence-corrected chi connectivity index (χ2v) is 6.24. The molecule has 2 N–H and O–H groups in total. The highest BCUT2D eigenvalue weighted by Gasteiger charge is 2.25. The molecule has 1 atom stereocenters. The largest absolute Gasteiger partial charge is 0.389 e. The Morgan fingerprint density at radius 3 is 2.26 bits per heavy atom. The summed E-state index contributed by atoms with van der Waals surface area (Å²) in [6, 6.07) is 7.32. The van der Waals surface area contributed by atoms with E-state index < -0.39 is 5.60 Å². The molecule has 0 radical (unpaired) electrons. The maximum atomic E-state index is 12.3. The molecule has 1 rings (SSSR count). The molecule has 1 amide bonds. The molecule has 0 aliphatic heterocycles. The quantitative estimate of drug-likeness (QED) is 0.873. The minimum absolute atomic E-state index is 0.0700. The number of carbonyl (C=O) groups is 1. The van der Waals surface area contributed by atoms with Gasteiger partial charge in [0.1, 0.15) is 0 Å². The third-order valence-corrected chi connectivity index (χ3v) is 3.13. The summed E-state index contributed by atoms with van der Waals surface area (Å²) in [5.41, 5.74) is 0.0321. The molecule has 19 heavy (non-hydrogen) atoms. The number of halogens is 1. The summed E-state index contributed by atoms with van der Waals surface area (Å²) in [5, 5.41) is 13.1. The molecular formula is C15H22ClNO2. The van der Waals surface area contributed by atoms with E-state index in [1.165, 1.54) is 0 Å². The van der Waals surface area contributed by atoms with Crippen LogP contribution in [0.2, 0.25) is 5.02 Å². The topological polar surface area (TPSA) is 49.3 Å². The van der Waals surface area contributed by atoms with Crippen LogP contribution in [0.25, 0.3) is 0 Å². The van der Waals surface area contributed by atoms with Gasteiger partial charge >= 0.3 is 0 Å². The number of amides is 1. The summed E-state index contributed by atoms with van der Waals surface area (Å²) in [4.78, 5) is 12.3. The van der Waals surface area contributed by atoms with Gasteiger partial charge in [0.25, 0.3) is 0 Å². The van der Waals surface area contributed by atoms with Crippen molar-refractivity contribution in [3.8, 4) is 0 Å². The Labute approximate surface area is 120 Å². The number of hydrogen-bond donors (Lipinski definition) is 2. The first-order chi connectivity index (χ1) is 8.70. The van der Waals surface area contributed by atoms with Crippen LogP contribution in [0.3, 0.4) is 0 Å². The van der Waals surface area contributed by atoms with E-state index >= 15 is 0 Å². The molecular weight excluding hydrogens is 262 g/mol. The van der Waals surface area contributed by atoms with E-state index in [1.807, 2.05) is 26.0 Å². The van der Waals surface area contributed by atoms with Crippen LogP contribution in [0.1, 0.15) is 39.2 Å². The maximum absolute atomic E-state index is 12.3. The predicted molar refractivity (Wildman–Crippen MR) is 78.3 cm³/mol. The van der Waals surface area contributed by atoms with E-state index in [2.05, 4.69) is 5.32 Å². The van der Waals surface area contributed by atoms with Crippen LogP contribution < -0.4 is 5.32 Å². The lowest BCUT2D eigenvalue weighted by Crippen LogP contribution is -2.41. The van der Waals surface area contributed by atoms with E-state index in [1.54, 1.807) is 26.0 Å². The Bertz CT molecular complexity index is 421. The highest BCUT2D eigenvalue weighted by atomic mass is 35.5. The molecule has 0 spiro atoms. The van der Waals surface area contributed by atoms with Crippen LogP contribution >= 0.6 is 11.6 Å². The van der Waals surface area contributed by atoms with Gasteiger partial charge in [-0.15, -0.1) is 0 Å². The van der Waals surface area contributed by atoms with Crippen LogP contribution in [-0.2, 0) is 4.79 Å². The van der Waals surface area contributed by atoms with Gasteiger partial charge in [0.2, 0.25) is 5.91 Å². The van der Waals surface area contributed by atoms with Gasteiger partial charge < -0.3 is 10.4 Å². The number of nitrogens with one attached hydrogen (secondary N) is 1. The van der Waals surface area contributed by atoms with Crippen LogP contribution in [0, 0.1) is 5.92 Å². The Morgan fingerprint density at radius 1 is 1.32 bits per heavy atom. The highest BCUT2D eigenvalue weighted by molar-refractivity contribution is 6.30. The van der Waals surface area contributed by atoms with E-state index in [4.69, 9.17) is 11.6 Å². The summed E-state index contributed by atoms with van der Waals surface area (Å²) < 4.78 is 0. The van der Waals surface area contributed by atoms with Crippen molar-refractivity contribution in [2.45, 2.75) is 39.2 Å². The first kappa shape index (κ1) is 16.0. The fraction of sp³-hybridized carbons (Fsp3) is 0.533. The van der Waals surface area contributed by atoms with E-state index in [-0.39, 0.29) is 24.3 Å². The SMILES string of the molecule is CC(C)C(C(=O)NCC(C)(C)O)c1ccc(Cl)cc1. The molecule has 3 nitrogen and oxygen atoms in total. The molecule has 0 heterocycles. The number of benzene rings is 1. The zero-order chi connectivity index (χ0) is 14.6. The van der Waals surface area contributed by atoms with Crippen LogP contribution in [0.15, 0.2) is 24.3 Å². The summed E-state index contributed by atoms with van der Waals surface area (Å²) >= 11 is 5.86. The standard InChI is InChI=1S/C15H22ClNO2/c1-10(2)13(11-5-7-12(16)8-6-11)14(18)17-9-15(3,4)19/h5-8,10,13,19H,9H2,1-4H3,(H,17,18). The minimum atomic E-state index is -0.906. The van der Waals surface area contributed by atoms with Gasteiger partial charge in [-0.25, -0.2) is 0 Å². The first-order valence-electron chi connectivity index (χ1n) is 6.46. The number of carbonyl (C=O) groups excluding carboxylic acids is 1. The van der Waals surface area contributed by atoms with Crippen molar-refractivity contribution < 1.29 is 9.90 Å². The fourth-order valence-corrected chi connectivity index (χ4v) is 2.05. The van der Waals surface area contributed by atoms with Crippen molar-refractivity contribution in [1.29, 1.82) is 0 Å². The normalized spacial score (nSPS) is 13.4. The van der Waals surface area contributed by atoms with Gasteiger partial charge in [0, 0.05) is 11.6 Å². The van der Waals surface area contributed by atoms with Crippen LogP contribution in [0.4, 0.5) is 0 Å². The smallest absolute Gasteiger partial charge is 0.227 e. The molecule has 1 aromatic carbocycles. The molecule has 0 saturated carbocycles. The third kappa shape index (κ3) is 5.21. The van der Waals surface area contributed by atoms with Crippen molar-refractivity contribution in [3.63, 3.8) is 0 Å². The van der Waals surface area contributed by atoms with Gasteiger partial charge in [0.15, 0.2) is 0 Å². The fourth-order valence-electron chi connectivity index (χ4n) is 1.92. The second kappa shape index (κ2) is 6.40. The lowest BCUT2D eigenvalue weighted by Gasteiger charge is -2.24. The van der Waals surface area contributed by atoms with Crippen molar-refractivity contribution >= 4 is 17.5 Å². The third-order valence-electron chi connectivity index (χ3n) is 2.87. The predicted octanol–water partition coefficient (Wildman–Crippen LogP) is 2.97. The Hall–Kier alpha value is -1.06. The van der Waals surface area contributed by atoms with E-state index in [9.17, 15) is 9.90 Å². The first-order valence-corrected chi connectivity index (χ1v) is 6.84. The molecule has 0 aliphatic rings. The molecule has 0 fully saturated rings. The maximum Gasteiger partial charge on any atom is 0.227 e. The van der Waals surface area contributed by atoms with Gasteiger partial charge in [-0.1, -0.05) is 37.6 Å². The average Bonchev–Trinajstić information content (AvgIpc) is 2.28. The molecule has 0 bridgehead atoms. The summed E-state index contributed by atoms with van der Waals surface area (Å²) in [5.74, 6) is -0.137. The summed E-state index contributed by atoms with van der Waals surface area (Å²) in [6.07, 6.45) is 0. The Balaban J connectivity index is 2.83. The molecule has 1 aromatic rings. The molecule has 0 aliphatic carbocycles. The van der Waals surface area contributed by atoms with Crippen LogP contribution in [0.5, 0.6) is 0 Å². The molecule has 4 heteroatoms. The number of hydrogen-bond acceptors (Lipinski definition) is 2. The Morgan fingerprint density at radius 2 is 1.84 bits per heavy atom. The lowest BCUT2D eigenvalue weighted by atomic mass is 9.87. The second-order valence-electron chi connectivity index (χ2n) is 5.80. The van der Waals surface area contributed by atoms with Gasteiger partial charge in [-0.05, 0) is 37.5 Å². The molecule has 106 valence electrons. The number of aliphatic hydroxyl groups is 1. The Kier molecular flexibility index (Phi) is 5.39. The highest BCUT2D eigenvalue weighted by Crippen LogP contribution is 2.26. The zero-order valence-electron chi connectivity index (χ0n) is 11.9. The summed E-state index contributed by atoms with van der Waals surface area (Å²) in [6.45, 7) is 7.58. The zero-order valence-corrected chi connectivity index (χ0v) is 12.7. The van der Waals surface area contributed by atoms with Crippen LogP contribution in [-0.4, -0.2) is 23.2 Å². The number of rotatable bonds is 5. The minimum Gasteiger partial charge on any atom is -0.389 e. The molecule has 1 unspecified atom stereocenters. The van der Waals surface area contributed by atoms with Crippen molar-refractivity contribution in [2.24, 2.45) is 5.92 Å². The molecule has 0 saturated heterocycles. The van der Waals surface area contributed by atoms with Crippen molar-refractivity contribution in [2.75, 3.05) is 6.54 Å². The van der Waals surface area contributed by atoms with E-state index in [0.717, 1.165) is 5.56 Å². The van der Waals surface area contributed by atoms with Gasteiger partial charge in [0.05, 0.1) is 11.5 Å². The van der Waals surface area contributed by atoms with Gasteiger partial charge in [-0.2, -0.15) is 0 Å². The lowest BCUT2D eigenvalue weighted by molar-refractivity contribution is -0.124. The van der Waals surface area contributed by atoms with E-state index in [0.29, 0.717) is 5.02 Å². The monoisotopic (exact) mass is 283 g/mol. The average molecular weight is 284 g/mol. The van der Waals surface area contributed by atoms with Crippen molar-refractivity contribution in [1.82, 2.24) is 5.32 Å².